The average Bonchev–Trinajstić information content (AvgIpc) is 2.94. The SMILES string of the molecule is Cc1nc2ccc(NC(=O)c3c[nH]c4ccccc4c3=O)cc2o1. The number of hydrogen-bond acceptors (Lipinski definition) is 4. The van der Waals surface area contributed by atoms with E-state index in [1.54, 1.807) is 43.3 Å². The number of para-hydroxylation sites is 1. The topological polar surface area (TPSA) is 88.0 Å². The quantitative estimate of drug-likeness (QED) is 0.594. The molecule has 2 heterocycles. The van der Waals surface area contributed by atoms with Crippen molar-refractivity contribution in [3.05, 3.63) is 70.3 Å². The fraction of sp³-hybridized carbons (Fsp3) is 0.0556. The number of fused-ring (bicyclic) bond motifs is 2. The van der Waals surface area contributed by atoms with Crippen molar-refractivity contribution in [3.63, 3.8) is 0 Å². The molecule has 0 saturated heterocycles. The minimum absolute atomic E-state index is 0.0579. The number of nitrogens with one attached hydrogen (secondary N) is 2. The van der Waals surface area contributed by atoms with Crippen molar-refractivity contribution >= 4 is 33.6 Å². The lowest BCUT2D eigenvalue weighted by molar-refractivity contribution is 0.102. The summed E-state index contributed by atoms with van der Waals surface area (Å²) in [5, 5.41) is 3.20. The van der Waals surface area contributed by atoms with Gasteiger partial charge in [0.2, 0.25) is 5.43 Å². The van der Waals surface area contributed by atoms with Crippen LogP contribution in [0.3, 0.4) is 0 Å². The molecule has 0 aliphatic carbocycles. The standard InChI is InChI=1S/C18H13N3O3/c1-10-20-15-7-6-11(8-16(15)24-10)21-18(23)13-9-19-14-5-3-2-4-12(14)17(13)22/h2-9H,1H3,(H,19,22)(H,21,23). The fourth-order valence-corrected chi connectivity index (χ4v) is 2.65. The lowest BCUT2D eigenvalue weighted by Gasteiger charge is -2.05. The van der Waals surface area contributed by atoms with E-state index in [9.17, 15) is 9.59 Å². The molecule has 0 saturated carbocycles. The first-order valence-corrected chi connectivity index (χ1v) is 7.41. The van der Waals surface area contributed by atoms with Gasteiger partial charge < -0.3 is 14.7 Å². The largest absolute Gasteiger partial charge is 0.441 e. The molecule has 6 heteroatoms. The Bertz CT molecular complexity index is 1140. The first kappa shape index (κ1) is 14.2. The maximum Gasteiger partial charge on any atom is 0.261 e. The highest BCUT2D eigenvalue weighted by molar-refractivity contribution is 6.06. The Labute approximate surface area is 136 Å². The summed E-state index contributed by atoms with van der Waals surface area (Å²) in [5.41, 5.74) is 2.28. The number of benzene rings is 2. The highest BCUT2D eigenvalue weighted by atomic mass is 16.3. The molecule has 118 valence electrons. The van der Waals surface area contributed by atoms with Crippen LogP contribution in [0.1, 0.15) is 16.2 Å². The number of nitrogens with zero attached hydrogens (tertiary/aromatic N) is 1. The van der Waals surface area contributed by atoms with Gasteiger partial charge in [0.05, 0.1) is 0 Å². The summed E-state index contributed by atoms with van der Waals surface area (Å²) in [4.78, 5) is 32.1. The number of pyridine rings is 1. The van der Waals surface area contributed by atoms with Crippen molar-refractivity contribution in [2.24, 2.45) is 0 Å². The molecule has 0 aliphatic rings. The van der Waals surface area contributed by atoms with Crippen molar-refractivity contribution in [1.29, 1.82) is 0 Å². The highest BCUT2D eigenvalue weighted by Crippen LogP contribution is 2.20. The van der Waals surface area contributed by atoms with E-state index in [4.69, 9.17) is 4.42 Å². The number of oxazole rings is 1. The second kappa shape index (κ2) is 5.34. The van der Waals surface area contributed by atoms with Crippen LogP contribution >= 0.6 is 0 Å². The van der Waals surface area contributed by atoms with Gasteiger partial charge >= 0.3 is 0 Å². The average molecular weight is 319 g/mol. The molecule has 2 N–H and O–H groups in total. The number of hydrogen-bond donors (Lipinski definition) is 2. The molecule has 0 fully saturated rings. The van der Waals surface area contributed by atoms with Crippen LogP contribution in [-0.2, 0) is 0 Å². The smallest absolute Gasteiger partial charge is 0.261 e. The van der Waals surface area contributed by atoms with E-state index in [-0.39, 0.29) is 11.0 Å². The number of amides is 1. The summed E-state index contributed by atoms with van der Waals surface area (Å²) in [6, 6.07) is 12.2. The van der Waals surface area contributed by atoms with Crippen molar-refractivity contribution in [3.8, 4) is 0 Å². The number of aryl methyl sites for hydroxylation is 1. The summed E-state index contributed by atoms with van der Waals surface area (Å²) < 4.78 is 5.45. The van der Waals surface area contributed by atoms with Gasteiger partial charge in [-0.2, -0.15) is 0 Å². The second-order valence-electron chi connectivity index (χ2n) is 5.45. The number of H-pyrrole nitrogens is 1. The molecular formula is C18H13N3O3. The molecule has 6 nitrogen and oxygen atoms in total. The van der Waals surface area contributed by atoms with Crippen molar-refractivity contribution in [1.82, 2.24) is 9.97 Å². The zero-order valence-corrected chi connectivity index (χ0v) is 12.8. The summed E-state index contributed by atoms with van der Waals surface area (Å²) in [6.45, 7) is 1.76. The Morgan fingerprint density at radius 1 is 1.21 bits per heavy atom. The van der Waals surface area contributed by atoms with Gasteiger partial charge in [-0.25, -0.2) is 4.98 Å². The lowest BCUT2D eigenvalue weighted by atomic mass is 10.1. The Morgan fingerprint density at radius 3 is 2.92 bits per heavy atom. The van der Waals surface area contributed by atoms with Gasteiger partial charge in [-0.1, -0.05) is 12.1 Å². The van der Waals surface area contributed by atoms with E-state index in [0.717, 1.165) is 0 Å². The van der Waals surface area contributed by atoms with Crippen LogP contribution in [0.4, 0.5) is 5.69 Å². The van der Waals surface area contributed by atoms with Gasteiger partial charge in [-0.05, 0) is 24.3 Å². The van der Waals surface area contributed by atoms with Crippen LogP contribution in [0, 0.1) is 6.92 Å². The third kappa shape index (κ3) is 2.34. The molecule has 4 aromatic rings. The van der Waals surface area contributed by atoms with Crippen LogP contribution < -0.4 is 10.7 Å². The van der Waals surface area contributed by atoms with Crippen molar-refractivity contribution in [2.45, 2.75) is 6.92 Å². The third-order valence-corrected chi connectivity index (χ3v) is 3.79. The Morgan fingerprint density at radius 2 is 2.04 bits per heavy atom. The van der Waals surface area contributed by atoms with E-state index < -0.39 is 5.91 Å². The predicted octanol–water partition coefficient (Wildman–Crippen LogP) is 3.23. The Kier molecular flexibility index (Phi) is 3.16. The Balaban J connectivity index is 1.70. The fourth-order valence-electron chi connectivity index (χ4n) is 2.65. The normalized spacial score (nSPS) is 11.0. The van der Waals surface area contributed by atoms with Gasteiger partial charge in [0.15, 0.2) is 11.5 Å². The highest BCUT2D eigenvalue weighted by Gasteiger charge is 2.13. The van der Waals surface area contributed by atoms with Gasteiger partial charge in [-0.15, -0.1) is 0 Å². The van der Waals surface area contributed by atoms with E-state index in [2.05, 4.69) is 15.3 Å². The zero-order valence-electron chi connectivity index (χ0n) is 12.8. The maximum atomic E-state index is 12.5. The van der Waals surface area contributed by atoms with Crippen LogP contribution in [0.2, 0.25) is 0 Å². The maximum absolute atomic E-state index is 12.5. The van der Waals surface area contributed by atoms with E-state index >= 15 is 0 Å². The van der Waals surface area contributed by atoms with Crippen LogP contribution in [0.15, 0.2) is 57.9 Å². The van der Waals surface area contributed by atoms with Gasteiger partial charge in [0.25, 0.3) is 5.91 Å². The number of rotatable bonds is 2. The number of anilines is 1. The van der Waals surface area contributed by atoms with Crippen LogP contribution in [-0.4, -0.2) is 15.9 Å². The van der Waals surface area contributed by atoms with E-state index in [0.29, 0.717) is 33.6 Å². The van der Waals surface area contributed by atoms with Gasteiger partial charge in [-0.3, -0.25) is 9.59 Å². The molecule has 0 radical (unpaired) electrons. The molecule has 0 unspecified atom stereocenters. The molecule has 4 rings (SSSR count). The van der Waals surface area contributed by atoms with Gasteiger partial charge in [0.1, 0.15) is 11.1 Å². The molecule has 0 aliphatic heterocycles. The lowest BCUT2D eigenvalue weighted by Crippen LogP contribution is -2.21. The molecule has 0 bridgehead atoms. The number of carbonyl (C=O) groups is 1. The monoisotopic (exact) mass is 319 g/mol. The number of carbonyl (C=O) groups excluding carboxylic acids is 1. The summed E-state index contributed by atoms with van der Waals surface area (Å²) in [7, 11) is 0. The minimum Gasteiger partial charge on any atom is -0.441 e. The zero-order chi connectivity index (χ0) is 16.7. The molecule has 2 aromatic heterocycles. The number of aromatic nitrogens is 2. The predicted molar refractivity (Wildman–Crippen MR) is 91.3 cm³/mol. The second-order valence-corrected chi connectivity index (χ2v) is 5.45. The summed E-state index contributed by atoms with van der Waals surface area (Å²) in [5.74, 6) is 0.0806. The minimum atomic E-state index is -0.474. The number of aromatic amines is 1. The van der Waals surface area contributed by atoms with Crippen molar-refractivity contribution in [2.75, 3.05) is 5.32 Å². The summed E-state index contributed by atoms with van der Waals surface area (Å²) >= 11 is 0. The van der Waals surface area contributed by atoms with E-state index in [1.807, 2.05) is 6.07 Å². The van der Waals surface area contributed by atoms with Crippen LogP contribution in [0.5, 0.6) is 0 Å². The Hall–Kier alpha value is -3.41. The molecule has 24 heavy (non-hydrogen) atoms. The third-order valence-electron chi connectivity index (χ3n) is 3.79. The molecule has 1 amide bonds. The summed E-state index contributed by atoms with van der Waals surface area (Å²) in [6.07, 6.45) is 1.43. The first-order chi connectivity index (χ1) is 11.6. The van der Waals surface area contributed by atoms with Crippen LogP contribution in [0.25, 0.3) is 22.0 Å². The van der Waals surface area contributed by atoms with Gasteiger partial charge in [0, 0.05) is 35.8 Å². The van der Waals surface area contributed by atoms with E-state index in [1.165, 1.54) is 6.20 Å². The molecule has 2 aromatic carbocycles. The van der Waals surface area contributed by atoms with Crippen molar-refractivity contribution < 1.29 is 9.21 Å². The molecular weight excluding hydrogens is 306 g/mol. The first-order valence-electron chi connectivity index (χ1n) is 7.41. The molecule has 0 spiro atoms. The molecule has 0 atom stereocenters.